The van der Waals surface area contributed by atoms with Crippen LogP contribution in [0, 0.1) is 5.92 Å². The van der Waals surface area contributed by atoms with Crippen molar-refractivity contribution in [1.82, 2.24) is 4.98 Å². The van der Waals surface area contributed by atoms with Crippen LogP contribution in [-0.2, 0) is 0 Å². The van der Waals surface area contributed by atoms with Gasteiger partial charge in [0.2, 0.25) is 0 Å². The fraction of sp³-hybridized carbons (Fsp3) is 0.119. The molecule has 7 aromatic carbocycles. The molecule has 3 unspecified atom stereocenters. The normalized spacial score (nSPS) is 16.3. The maximum absolute atomic E-state index is 5.50. The number of aliphatic imine (C=N–C) groups is 1. The predicted octanol–water partition coefficient (Wildman–Crippen LogP) is 16.4. The Labute approximate surface area is 368 Å². The van der Waals surface area contributed by atoms with Crippen LogP contribution >= 0.6 is 11.3 Å². The van der Waals surface area contributed by atoms with Crippen molar-refractivity contribution < 1.29 is 0 Å². The molecule has 0 amide bonds. The van der Waals surface area contributed by atoms with Crippen molar-refractivity contribution in [3.05, 3.63) is 235 Å². The van der Waals surface area contributed by atoms with E-state index in [2.05, 4.69) is 209 Å². The number of hydrogen-bond donors (Lipinski definition) is 0. The lowest BCUT2D eigenvalue weighted by Crippen LogP contribution is -2.12. The fourth-order valence-corrected chi connectivity index (χ4v) is 10.8. The van der Waals surface area contributed by atoms with Gasteiger partial charge in [-0.1, -0.05) is 203 Å². The van der Waals surface area contributed by atoms with Gasteiger partial charge in [0, 0.05) is 43.0 Å². The molecule has 62 heavy (non-hydrogen) atoms. The van der Waals surface area contributed by atoms with E-state index in [9.17, 15) is 0 Å². The third-order valence-corrected chi connectivity index (χ3v) is 14.0. The van der Waals surface area contributed by atoms with Gasteiger partial charge in [0.1, 0.15) is 0 Å². The van der Waals surface area contributed by atoms with Crippen molar-refractivity contribution in [2.75, 3.05) is 0 Å². The van der Waals surface area contributed by atoms with Crippen LogP contribution in [0.3, 0.4) is 0 Å². The van der Waals surface area contributed by atoms with Crippen LogP contribution in [0.15, 0.2) is 218 Å². The average Bonchev–Trinajstić information content (AvgIpc) is 3.72. The summed E-state index contributed by atoms with van der Waals surface area (Å²) in [6, 6.07) is 58.8. The largest absolute Gasteiger partial charge is 0.272 e. The molecule has 1 aliphatic carbocycles. The topological polar surface area (TPSA) is 25.2 Å². The first kappa shape index (κ1) is 39.2. The van der Waals surface area contributed by atoms with Crippen molar-refractivity contribution in [3.8, 4) is 22.4 Å². The summed E-state index contributed by atoms with van der Waals surface area (Å²) >= 11 is 1.86. The Bertz CT molecular complexity index is 3210. The first-order chi connectivity index (χ1) is 30.5. The van der Waals surface area contributed by atoms with Crippen molar-refractivity contribution >= 4 is 58.9 Å². The summed E-state index contributed by atoms with van der Waals surface area (Å²) in [6.07, 6.45) is 11.7. The molecule has 2 heterocycles. The van der Waals surface area contributed by atoms with E-state index in [1.807, 2.05) is 17.4 Å². The Morgan fingerprint density at radius 1 is 0.694 bits per heavy atom. The van der Waals surface area contributed by atoms with Crippen molar-refractivity contribution in [2.45, 2.75) is 38.1 Å². The molecule has 0 spiro atoms. The first-order valence-electron chi connectivity index (χ1n) is 21.7. The van der Waals surface area contributed by atoms with Crippen molar-refractivity contribution in [2.24, 2.45) is 10.9 Å². The van der Waals surface area contributed by atoms with E-state index >= 15 is 0 Å². The molecule has 1 aliphatic rings. The minimum atomic E-state index is -0.255. The average molecular weight is 817 g/mol. The third kappa shape index (κ3) is 7.13. The summed E-state index contributed by atoms with van der Waals surface area (Å²) in [5, 5.41) is 6.09. The van der Waals surface area contributed by atoms with Gasteiger partial charge in [-0.2, -0.15) is 0 Å². The van der Waals surface area contributed by atoms with Gasteiger partial charge in [-0.05, 0) is 80.3 Å². The molecule has 3 heteroatoms. The van der Waals surface area contributed by atoms with E-state index < -0.39 is 0 Å². The predicted molar refractivity (Wildman–Crippen MR) is 268 cm³/mol. The Hall–Kier alpha value is -6.94. The van der Waals surface area contributed by atoms with Crippen LogP contribution in [-0.4, -0.2) is 10.7 Å². The molecule has 0 fully saturated rings. The molecule has 4 atom stereocenters. The van der Waals surface area contributed by atoms with Crippen LogP contribution < -0.4 is 0 Å². The molecule has 2 aromatic heterocycles. The summed E-state index contributed by atoms with van der Waals surface area (Å²) in [7, 11) is 0. The highest BCUT2D eigenvalue weighted by atomic mass is 32.1. The van der Waals surface area contributed by atoms with E-state index in [4.69, 9.17) is 16.6 Å². The second-order valence-electron chi connectivity index (χ2n) is 16.5. The molecule has 0 bridgehead atoms. The molecule has 0 saturated carbocycles. The summed E-state index contributed by atoms with van der Waals surface area (Å²) < 4.78 is 2.51. The number of allylic oxidation sites excluding steroid dienone is 5. The molecule has 0 radical (unpaired) electrons. The van der Waals surface area contributed by atoms with Gasteiger partial charge >= 0.3 is 0 Å². The zero-order valence-corrected chi connectivity index (χ0v) is 36.0. The minimum Gasteiger partial charge on any atom is -0.272 e. The van der Waals surface area contributed by atoms with Crippen molar-refractivity contribution in [3.63, 3.8) is 0 Å². The lowest BCUT2D eigenvalue weighted by molar-refractivity contribution is 0.633. The second-order valence-corrected chi connectivity index (χ2v) is 17.5. The lowest BCUT2D eigenvalue weighted by atomic mass is 9.81. The third-order valence-electron chi connectivity index (χ3n) is 12.8. The number of hydrogen-bond acceptors (Lipinski definition) is 3. The van der Waals surface area contributed by atoms with Gasteiger partial charge in [0.25, 0.3) is 0 Å². The number of benzene rings is 7. The molecule has 10 rings (SSSR count). The van der Waals surface area contributed by atoms with Crippen LogP contribution in [0.5, 0.6) is 0 Å². The zero-order valence-electron chi connectivity index (χ0n) is 35.2. The molecule has 2 nitrogen and oxygen atoms in total. The highest BCUT2D eigenvalue weighted by molar-refractivity contribution is 7.26. The Morgan fingerprint density at radius 3 is 2.16 bits per heavy atom. The van der Waals surface area contributed by atoms with E-state index in [1.165, 1.54) is 58.6 Å². The number of thiophene rings is 1. The van der Waals surface area contributed by atoms with Gasteiger partial charge in [-0.15, -0.1) is 11.3 Å². The Morgan fingerprint density at radius 2 is 1.39 bits per heavy atom. The SMILES string of the molecule is C=CC(=N[C@@H](C(=C)C(CC)c1ccc(C2C=CC=CC2C)cc1)c1ccccc1)c1ccc(-c2nc3cccc(-c4cccc5ccccc45)c3c3sc4ccccc4c23)cc1. The van der Waals surface area contributed by atoms with Gasteiger partial charge in [-0.25, -0.2) is 4.98 Å². The lowest BCUT2D eigenvalue weighted by Gasteiger charge is -2.26. The Balaban J connectivity index is 1.03. The second kappa shape index (κ2) is 16.8. The highest BCUT2D eigenvalue weighted by Gasteiger charge is 2.25. The standard InChI is InChI=1S/C59H48N2S/c1-5-46(41-30-32-42(33-31-41)47-23-12-10-18-38(47)3)39(4)57(44-20-8-7-9-21-44)60-52(6-2)43-34-36-45(37-35-43)58-56-51-25-14-15-29-54(51)62-59(56)55-50(27-17-28-53(55)61-58)49-26-16-22-40-19-11-13-24-48(40)49/h6-38,46-47,57H,2,4-5H2,1,3H3/t38?,46?,47?,57-/m0/s1. The first-order valence-corrected chi connectivity index (χ1v) is 22.5. The van der Waals surface area contributed by atoms with Crippen LogP contribution in [0.25, 0.3) is 64.2 Å². The quantitative estimate of drug-likeness (QED) is 0.0943. The number of aromatic nitrogens is 1. The molecule has 9 aromatic rings. The van der Waals surface area contributed by atoms with Crippen LogP contribution in [0.1, 0.15) is 60.4 Å². The van der Waals surface area contributed by atoms with E-state index in [0.29, 0.717) is 11.8 Å². The van der Waals surface area contributed by atoms with Crippen LogP contribution in [0.4, 0.5) is 0 Å². The summed E-state index contributed by atoms with van der Waals surface area (Å²) in [6.45, 7) is 13.6. The Kier molecular flexibility index (Phi) is 10.7. The smallest absolute Gasteiger partial charge is 0.0970 e. The van der Waals surface area contributed by atoms with E-state index in [1.54, 1.807) is 0 Å². The minimum absolute atomic E-state index is 0.133. The molecule has 0 saturated heterocycles. The molecule has 300 valence electrons. The maximum atomic E-state index is 5.50. The number of rotatable bonds is 11. The maximum Gasteiger partial charge on any atom is 0.0970 e. The molecule has 0 N–H and O–H groups in total. The fourth-order valence-electron chi connectivity index (χ4n) is 9.57. The number of pyridine rings is 1. The van der Waals surface area contributed by atoms with E-state index in [0.717, 1.165) is 45.6 Å². The monoisotopic (exact) mass is 816 g/mol. The van der Waals surface area contributed by atoms with Crippen LogP contribution in [0.2, 0.25) is 0 Å². The molecule has 0 aliphatic heterocycles. The summed E-state index contributed by atoms with van der Waals surface area (Å²) in [4.78, 5) is 11.0. The zero-order chi connectivity index (χ0) is 42.2. The van der Waals surface area contributed by atoms with Gasteiger partial charge in [0.15, 0.2) is 0 Å². The number of fused-ring (bicyclic) bond motifs is 6. The molecular weight excluding hydrogens is 769 g/mol. The molecular formula is C59H48N2S. The number of nitrogens with zero attached hydrogens (tertiary/aromatic N) is 2. The van der Waals surface area contributed by atoms with Gasteiger partial charge < -0.3 is 0 Å². The summed E-state index contributed by atoms with van der Waals surface area (Å²) in [5.74, 6) is 0.997. The van der Waals surface area contributed by atoms with Crippen molar-refractivity contribution in [1.29, 1.82) is 0 Å². The van der Waals surface area contributed by atoms with Gasteiger partial charge in [0.05, 0.1) is 23.0 Å². The highest BCUT2D eigenvalue weighted by Crippen LogP contribution is 2.46. The van der Waals surface area contributed by atoms with E-state index in [-0.39, 0.29) is 12.0 Å². The van der Waals surface area contributed by atoms with Gasteiger partial charge in [-0.3, -0.25) is 4.99 Å². The summed E-state index contributed by atoms with van der Waals surface area (Å²) in [5.41, 5.74) is 12.1.